The van der Waals surface area contributed by atoms with E-state index in [4.69, 9.17) is 4.74 Å². The van der Waals surface area contributed by atoms with Gasteiger partial charge in [0.25, 0.3) is 0 Å². The van der Waals surface area contributed by atoms with Gasteiger partial charge in [-0.05, 0) is 29.9 Å². The molecule has 0 aromatic heterocycles. The molecule has 1 saturated carbocycles. The third-order valence-corrected chi connectivity index (χ3v) is 3.56. The predicted molar refractivity (Wildman–Crippen MR) is 81.0 cm³/mol. The minimum absolute atomic E-state index is 0.588. The van der Waals surface area contributed by atoms with Crippen LogP contribution in [-0.4, -0.2) is 19.7 Å². The zero-order chi connectivity index (χ0) is 13.7. The first-order chi connectivity index (χ1) is 9.19. The summed E-state index contributed by atoms with van der Waals surface area (Å²) < 4.78 is 5.13. The Bertz CT molecular complexity index is 415. The van der Waals surface area contributed by atoms with Crippen molar-refractivity contribution in [3.05, 3.63) is 41.0 Å². The molecule has 0 saturated heterocycles. The molecule has 1 aromatic carbocycles. The van der Waals surface area contributed by atoms with Gasteiger partial charge in [-0.3, -0.25) is 0 Å². The largest absolute Gasteiger partial charge is 0.380 e. The summed E-state index contributed by atoms with van der Waals surface area (Å²) in [7, 11) is 1.73. The summed E-state index contributed by atoms with van der Waals surface area (Å²) >= 11 is 0. The molecule has 0 radical (unpaired) electrons. The van der Waals surface area contributed by atoms with Gasteiger partial charge in [0.1, 0.15) is 0 Å². The Morgan fingerprint density at radius 3 is 2.53 bits per heavy atom. The molecule has 1 aliphatic rings. The second-order valence-corrected chi connectivity index (χ2v) is 5.70. The van der Waals surface area contributed by atoms with E-state index in [1.165, 1.54) is 29.5 Å². The lowest BCUT2D eigenvalue weighted by atomic mass is 9.99. The molecule has 104 valence electrons. The normalized spacial score (nSPS) is 16.1. The molecule has 2 heteroatoms. The Balaban J connectivity index is 2.01. The van der Waals surface area contributed by atoms with Crippen LogP contribution in [0.3, 0.4) is 0 Å². The molecule has 2 nitrogen and oxygen atoms in total. The molecule has 0 aliphatic heterocycles. The van der Waals surface area contributed by atoms with Gasteiger partial charge in [0.05, 0.1) is 6.61 Å². The SMILES string of the molecule is COCc1ccc(C=C(CNC2CC2)C(C)C)cc1. The first-order valence-corrected chi connectivity index (χ1v) is 7.20. The van der Waals surface area contributed by atoms with Gasteiger partial charge in [-0.25, -0.2) is 0 Å². The van der Waals surface area contributed by atoms with Crippen molar-refractivity contribution < 1.29 is 4.74 Å². The van der Waals surface area contributed by atoms with Crippen LogP contribution in [0.1, 0.15) is 37.8 Å². The van der Waals surface area contributed by atoms with Crippen molar-refractivity contribution in [2.45, 2.75) is 39.3 Å². The van der Waals surface area contributed by atoms with Gasteiger partial charge in [0.2, 0.25) is 0 Å². The Hall–Kier alpha value is -1.12. The molecular formula is C17H25NO. The van der Waals surface area contributed by atoms with Crippen molar-refractivity contribution in [2.75, 3.05) is 13.7 Å². The molecule has 1 N–H and O–H groups in total. The van der Waals surface area contributed by atoms with Crippen molar-refractivity contribution in [2.24, 2.45) is 5.92 Å². The Kier molecular flexibility index (Phi) is 5.17. The highest BCUT2D eigenvalue weighted by molar-refractivity contribution is 5.54. The highest BCUT2D eigenvalue weighted by Crippen LogP contribution is 2.21. The van der Waals surface area contributed by atoms with Crippen molar-refractivity contribution in [3.8, 4) is 0 Å². The predicted octanol–water partition coefficient (Wildman–Crippen LogP) is 3.62. The van der Waals surface area contributed by atoms with Crippen LogP contribution >= 0.6 is 0 Å². The zero-order valence-electron chi connectivity index (χ0n) is 12.3. The maximum Gasteiger partial charge on any atom is 0.0713 e. The molecule has 1 aliphatic carbocycles. The van der Waals surface area contributed by atoms with E-state index in [1.54, 1.807) is 7.11 Å². The van der Waals surface area contributed by atoms with E-state index in [1.807, 2.05) is 0 Å². The average Bonchev–Trinajstić information content (AvgIpc) is 3.20. The number of benzene rings is 1. The van der Waals surface area contributed by atoms with Crippen molar-refractivity contribution in [1.82, 2.24) is 5.32 Å². The van der Waals surface area contributed by atoms with Crippen LogP contribution in [0, 0.1) is 5.92 Å². The van der Waals surface area contributed by atoms with Crippen LogP contribution in [0.2, 0.25) is 0 Å². The van der Waals surface area contributed by atoms with Crippen LogP contribution in [0.15, 0.2) is 29.8 Å². The summed E-state index contributed by atoms with van der Waals surface area (Å²) in [4.78, 5) is 0. The first kappa shape index (κ1) is 14.3. The first-order valence-electron chi connectivity index (χ1n) is 7.20. The fourth-order valence-corrected chi connectivity index (χ4v) is 2.06. The lowest BCUT2D eigenvalue weighted by molar-refractivity contribution is 0.185. The van der Waals surface area contributed by atoms with Gasteiger partial charge in [0.15, 0.2) is 0 Å². The number of ether oxygens (including phenoxy) is 1. The number of hydrogen-bond donors (Lipinski definition) is 1. The molecule has 0 amide bonds. The number of rotatable bonds is 7. The number of hydrogen-bond acceptors (Lipinski definition) is 2. The van der Waals surface area contributed by atoms with Gasteiger partial charge in [-0.2, -0.15) is 0 Å². The highest BCUT2D eigenvalue weighted by atomic mass is 16.5. The summed E-state index contributed by atoms with van der Waals surface area (Å²) in [5, 5.41) is 3.60. The van der Waals surface area contributed by atoms with E-state index < -0.39 is 0 Å². The standard InChI is InChI=1S/C17H25NO/c1-13(2)16(11-18-17-8-9-17)10-14-4-6-15(7-5-14)12-19-3/h4-7,10,13,17-18H,8-9,11-12H2,1-3H3. The third kappa shape index (κ3) is 4.81. The maximum absolute atomic E-state index is 5.13. The van der Waals surface area contributed by atoms with Crippen LogP contribution < -0.4 is 5.32 Å². The molecule has 0 heterocycles. The Morgan fingerprint density at radius 2 is 2.00 bits per heavy atom. The van der Waals surface area contributed by atoms with Gasteiger partial charge in [-0.15, -0.1) is 0 Å². The molecule has 0 atom stereocenters. The lowest BCUT2D eigenvalue weighted by Crippen LogP contribution is -2.21. The summed E-state index contributed by atoms with van der Waals surface area (Å²) in [6, 6.07) is 9.40. The molecular weight excluding hydrogens is 234 g/mol. The topological polar surface area (TPSA) is 21.3 Å². The monoisotopic (exact) mass is 259 g/mol. The third-order valence-electron chi connectivity index (χ3n) is 3.56. The fraction of sp³-hybridized carbons (Fsp3) is 0.529. The van der Waals surface area contributed by atoms with Crippen molar-refractivity contribution in [1.29, 1.82) is 0 Å². The van der Waals surface area contributed by atoms with Gasteiger partial charge < -0.3 is 10.1 Å². The van der Waals surface area contributed by atoms with Crippen LogP contribution in [0.5, 0.6) is 0 Å². The van der Waals surface area contributed by atoms with Crippen molar-refractivity contribution >= 4 is 6.08 Å². The van der Waals surface area contributed by atoms with E-state index in [0.717, 1.165) is 12.6 Å². The molecule has 19 heavy (non-hydrogen) atoms. The van der Waals surface area contributed by atoms with Gasteiger partial charge >= 0.3 is 0 Å². The van der Waals surface area contributed by atoms with Gasteiger partial charge in [-0.1, -0.05) is 49.8 Å². The smallest absolute Gasteiger partial charge is 0.0713 e. The number of nitrogens with one attached hydrogen (secondary N) is 1. The summed E-state index contributed by atoms with van der Waals surface area (Å²) in [6.45, 7) is 6.23. The quantitative estimate of drug-likeness (QED) is 0.807. The van der Waals surface area contributed by atoms with E-state index in [-0.39, 0.29) is 0 Å². The van der Waals surface area contributed by atoms with Gasteiger partial charge in [0, 0.05) is 19.7 Å². The summed E-state index contributed by atoms with van der Waals surface area (Å²) in [6.07, 6.45) is 5.00. The lowest BCUT2D eigenvalue weighted by Gasteiger charge is -2.13. The molecule has 0 spiro atoms. The van der Waals surface area contributed by atoms with Crippen LogP contribution in [0.25, 0.3) is 6.08 Å². The molecule has 0 bridgehead atoms. The fourth-order valence-electron chi connectivity index (χ4n) is 2.06. The Labute approximate surface area is 116 Å². The molecule has 2 rings (SSSR count). The van der Waals surface area contributed by atoms with E-state index in [2.05, 4.69) is 49.5 Å². The van der Waals surface area contributed by atoms with E-state index >= 15 is 0 Å². The second kappa shape index (κ2) is 6.88. The average molecular weight is 259 g/mol. The minimum Gasteiger partial charge on any atom is -0.380 e. The second-order valence-electron chi connectivity index (χ2n) is 5.70. The van der Waals surface area contributed by atoms with Crippen molar-refractivity contribution in [3.63, 3.8) is 0 Å². The molecule has 1 aromatic rings. The minimum atomic E-state index is 0.588. The van der Waals surface area contributed by atoms with E-state index in [9.17, 15) is 0 Å². The highest BCUT2D eigenvalue weighted by Gasteiger charge is 2.20. The molecule has 0 unspecified atom stereocenters. The molecule has 1 fully saturated rings. The van der Waals surface area contributed by atoms with Crippen LogP contribution in [-0.2, 0) is 11.3 Å². The summed E-state index contributed by atoms with van der Waals surface area (Å²) in [5.74, 6) is 0.588. The maximum atomic E-state index is 5.13. The Morgan fingerprint density at radius 1 is 1.32 bits per heavy atom. The summed E-state index contributed by atoms with van der Waals surface area (Å²) in [5.41, 5.74) is 3.98. The van der Waals surface area contributed by atoms with E-state index in [0.29, 0.717) is 12.5 Å². The zero-order valence-corrected chi connectivity index (χ0v) is 12.3. The van der Waals surface area contributed by atoms with Crippen LogP contribution in [0.4, 0.5) is 0 Å². The number of methoxy groups -OCH3 is 1.